The predicted molar refractivity (Wildman–Crippen MR) is 77.4 cm³/mol. The molecule has 92 valence electrons. The molecule has 0 saturated carbocycles. The van der Waals surface area contributed by atoms with Crippen molar-refractivity contribution in [2.24, 2.45) is 0 Å². The van der Waals surface area contributed by atoms with E-state index in [0.29, 0.717) is 0 Å². The highest BCUT2D eigenvalue weighted by Gasteiger charge is 2.00. The summed E-state index contributed by atoms with van der Waals surface area (Å²) in [6, 6.07) is 12.9. The minimum Gasteiger partial charge on any atom is -0.265 e. The van der Waals surface area contributed by atoms with E-state index in [-0.39, 0.29) is 0 Å². The standard InChI is InChI=1S/C17H19N/c1-3-15-6-8-16(9-7-15)5-4-14(2)17-10-12-18-13-11-17/h6-13H,2-5H2,1H3. The number of rotatable bonds is 5. The molecule has 1 aromatic carbocycles. The van der Waals surface area contributed by atoms with Crippen LogP contribution in [0, 0.1) is 0 Å². The normalized spacial score (nSPS) is 10.3. The van der Waals surface area contributed by atoms with Crippen molar-refractivity contribution in [2.45, 2.75) is 26.2 Å². The van der Waals surface area contributed by atoms with Crippen LogP contribution in [0.4, 0.5) is 0 Å². The van der Waals surface area contributed by atoms with E-state index in [1.54, 1.807) is 0 Å². The molecule has 2 aromatic rings. The number of aryl methyl sites for hydroxylation is 2. The first-order valence-electron chi connectivity index (χ1n) is 6.45. The Morgan fingerprint density at radius 3 is 2.22 bits per heavy atom. The molecule has 0 N–H and O–H groups in total. The van der Waals surface area contributed by atoms with E-state index in [1.807, 2.05) is 24.5 Å². The Hall–Kier alpha value is -1.89. The number of hydrogen-bond acceptors (Lipinski definition) is 1. The molecule has 0 aliphatic rings. The Bertz CT molecular complexity index is 497. The summed E-state index contributed by atoms with van der Waals surface area (Å²) in [5, 5.41) is 0. The van der Waals surface area contributed by atoms with Crippen LogP contribution in [-0.2, 0) is 12.8 Å². The van der Waals surface area contributed by atoms with Crippen LogP contribution < -0.4 is 0 Å². The van der Waals surface area contributed by atoms with Gasteiger partial charge in [0.25, 0.3) is 0 Å². The van der Waals surface area contributed by atoms with Crippen LogP contribution in [0.15, 0.2) is 55.4 Å². The minimum atomic E-state index is 0.996. The Morgan fingerprint density at radius 1 is 1.00 bits per heavy atom. The van der Waals surface area contributed by atoms with Gasteiger partial charge in [0.2, 0.25) is 0 Å². The maximum Gasteiger partial charge on any atom is 0.0273 e. The highest BCUT2D eigenvalue weighted by molar-refractivity contribution is 5.62. The van der Waals surface area contributed by atoms with Crippen molar-refractivity contribution in [1.82, 2.24) is 4.98 Å². The van der Waals surface area contributed by atoms with Crippen LogP contribution in [0.1, 0.15) is 30.0 Å². The molecule has 0 amide bonds. The van der Waals surface area contributed by atoms with Crippen molar-refractivity contribution >= 4 is 5.57 Å². The summed E-state index contributed by atoms with van der Waals surface area (Å²) < 4.78 is 0. The zero-order chi connectivity index (χ0) is 12.8. The third kappa shape index (κ3) is 3.30. The number of allylic oxidation sites excluding steroid dienone is 1. The summed E-state index contributed by atoms with van der Waals surface area (Å²) >= 11 is 0. The van der Waals surface area contributed by atoms with Crippen LogP contribution in [0.3, 0.4) is 0 Å². The summed E-state index contributed by atoms with van der Waals surface area (Å²) in [5.41, 5.74) is 5.14. The molecule has 0 unspecified atom stereocenters. The van der Waals surface area contributed by atoms with Crippen molar-refractivity contribution in [2.75, 3.05) is 0 Å². The molecule has 1 heteroatoms. The van der Waals surface area contributed by atoms with E-state index in [0.717, 1.165) is 19.3 Å². The SMILES string of the molecule is C=C(CCc1ccc(CC)cc1)c1ccncc1. The maximum atomic E-state index is 4.15. The molecule has 0 aliphatic heterocycles. The maximum absolute atomic E-state index is 4.15. The average molecular weight is 237 g/mol. The van der Waals surface area contributed by atoms with E-state index in [4.69, 9.17) is 0 Å². The largest absolute Gasteiger partial charge is 0.265 e. The number of aromatic nitrogens is 1. The van der Waals surface area contributed by atoms with E-state index in [9.17, 15) is 0 Å². The van der Waals surface area contributed by atoms with Gasteiger partial charge in [-0.3, -0.25) is 4.98 Å². The van der Waals surface area contributed by atoms with Gasteiger partial charge in [0.05, 0.1) is 0 Å². The molecule has 1 aromatic heterocycles. The molecule has 0 saturated heterocycles. The summed E-state index contributed by atoms with van der Waals surface area (Å²) in [6.07, 6.45) is 6.78. The second kappa shape index (κ2) is 6.15. The second-order valence-corrected chi connectivity index (χ2v) is 4.51. The lowest BCUT2D eigenvalue weighted by atomic mass is 10.00. The Labute approximate surface area is 109 Å². The molecule has 1 heterocycles. The quantitative estimate of drug-likeness (QED) is 0.756. The number of hydrogen-bond donors (Lipinski definition) is 0. The third-order valence-corrected chi connectivity index (χ3v) is 3.24. The van der Waals surface area contributed by atoms with Crippen LogP contribution in [0.25, 0.3) is 5.57 Å². The van der Waals surface area contributed by atoms with Crippen LogP contribution in [0.2, 0.25) is 0 Å². The highest BCUT2D eigenvalue weighted by Crippen LogP contribution is 2.18. The summed E-state index contributed by atoms with van der Waals surface area (Å²) in [5.74, 6) is 0. The predicted octanol–water partition coefficient (Wildman–Crippen LogP) is 4.29. The summed E-state index contributed by atoms with van der Waals surface area (Å²) in [4.78, 5) is 4.02. The van der Waals surface area contributed by atoms with Crippen molar-refractivity contribution in [3.8, 4) is 0 Å². The molecule has 0 radical (unpaired) electrons. The topological polar surface area (TPSA) is 12.9 Å². The van der Waals surface area contributed by atoms with Crippen LogP contribution in [0.5, 0.6) is 0 Å². The van der Waals surface area contributed by atoms with Gasteiger partial charge in [-0.05, 0) is 53.7 Å². The Kier molecular flexibility index (Phi) is 4.30. The van der Waals surface area contributed by atoms with E-state index in [2.05, 4.69) is 42.8 Å². The van der Waals surface area contributed by atoms with E-state index in [1.165, 1.54) is 22.3 Å². The smallest absolute Gasteiger partial charge is 0.0273 e. The molecule has 0 spiro atoms. The van der Waals surface area contributed by atoms with Gasteiger partial charge >= 0.3 is 0 Å². The lowest BCUT2D eigenvalue weighted by molar-refractivity contribution is 1.01. The molecule has 0 bridgehead atoms. The first kappa shape index (κ1) is 12.6. The van der Waals surface area contributed by atoms with Crippen molar-refractivity contribution in [1.29, 1.82) is 0 Å². The first-order valence-corrected chi connectivity index (χ1v) is 6.45. The molecule has 0 aliphatic carbocycles. The average Bonchev–Trinajstić information content (AvgIpc) is 2.46. The summed E-state index contributed by atoms with van der Waals surface area (Å²) in [6.45, 7) is 6.33. The Balaban J connectivity index is 1.93. The first-order chi connectivity index (χ1) is 8.79. The van der Waals surface area contributed by atoms with E-state index < -0.39 is 0 Å². The highest BCUT2D eigenvalue weighted by atomic mass is 14.6. The third-order valence-electron chi connectivity index (χ3n) is 3.24. The lowest BCUT2D eigenvalue weighted by Gasteiger charge is -2.06. The van der Waals surface area contributed by atoms with Gasteiger partial charge in [0, 0.05) is 12.4 Å². The number of nitrogens with zero attached hydrogens (tertiary/aromatic N) is 1. The zero-order valence-electron chi connectivity index (χ0n) is 10.9. The fraction of sp³-hybridized carbons (Fsp3) is 0.235. The van der Waals surface area contributed by atoms with Gasteiger partial charge in [0.15, 0.2) is 0 Å². The summed E-state index contributed by atoms with van der Waals surface area (Å²) in [7, 11) is 0. The van der Waals surface area contributed by atoms with Gasteiger partial charge < -0.3 is 0 Å². The fourth-order valence-corrected chi connectivity index (χ4v) is 1.97. The zero-order valence-corrected chi connectivity index (χ0v) is 10.9. The fourth-order valence-electron chi connectivity index (χ4n) is 1.97. The lowest BCUT2D eigenvalue weighted by Crippen LogP contribution is -1.90. The molecule has 0 fully saturated rings. The van der Waals surface area contributed by atoms with Crippen molar-refractivity contribution in [3.05, 3.63) is 72.1 Å². The number of benzene rings is 1. The van der Waals surface area contributed by atoms with Gasteiger partial charge in [0.1, 0.15) is 0 Å². The van der Waals surface area contributed by atoms with Gasteiger partial charge in [-0.2, -0.15) is 0 Å². The monoisotopic (exact) mass is 237 g/mol. The Morgan fingerprint density at radius 2 is 1.61 bits per heavy atom. The minimum absolute atomic E-state index is 0.996. The van der Waals surface area contributed by atoms with Gasteiger partial charge in [-0.25, -0.2) is 0 Å². The molecule has 0 atom stereocenters. The molecule has 18 heavy (non-hydrogen) atoms. The molecule has 1 nitrogen and oxygen atoms in total. The van der Waals surface area contributed by atoms with Gasteiger partial charge in [-0.1, -0.05) is 37.8 Å². The van der Waals surface area contributed by atoms with Gasteiger partial charge in [-0.15, -0.1) is 0 Å². The number of pyridine rings is 1. The van der Waals surface area contributed by atoms with Crippen molar-refractivity contribution < 1.29 is 0 Å². The molecular formula is C17H19N. The van der Waals surface area contributed by atoms with Crippen molar-refractivity contribution in [3.63, 3.8) is 0 Å². The van der Waals surface area contributed by atoms with Crippen LogP contribution >= 0.6 is 0 Å². The molecular weight excluding hydrogens is 218 g/mol. The van der Waals surface area contributed by atoms with Crippen LogP contribution in [-0.4, -0.2) is 4.98 Å². The second-order valence-electron chi connectivity index (χ2n) is 4.51. The molecule has 2 rings (SSSR count). The van der Waals surface area contributed by atoms with E-state index >= 15 is 0 Å².